The average molecular weight is 286 g/mol. The largest absolute Gasteiger partial charge is 0.373 e. The van der Waals surface area contributed by atoms with E-state index in [0.717, 1.165) is 25.2 Å². The Morgan fingerprint density at radius 3 is 3.05 bits per heavy atom. The number of hydrogen-bond donors (Lipinski definition) is 1. The molecule has 2 heterocycles. The molecule has 2 aliphatic rings. The highest BCUT2D eigenvalue weighted by molar-refractivity contribution is 5.56. The summed E-state index contributed by atoms with van der Waals surface area (Å²) in [5.41, 5.74) is 9.05. The van der Waals surface area contributed by atoms with Gasteiger partial charge >= 0.3 is 0 Å². The molecule has 112 valence electrons. The van der Waals surface area contributed by atoms with E-state index in [2.05, 4.69) is 11.0 Å². The van der Waals surface area contributed by atoms with Crippen molar-refractivity contribution in [2.24, 2.45) is 5.73 Å². The molecule has 1 saturated heterocycles. The Morgan fingerprint density at radius 1 is 1.48 bits per heavy atom. The number of morpholine rings is 1. The summed E-state index contributed by atoms with van der Waals surface area (Å²) in [5, 5.41) is 9.45. The summed E-state index contributed by atoms with van der Waals surface area (Å²) in [7, 11) is 0. The van der Waals surface area contributed by atoms with Gasteiger partial charge in [0.05, 0.1) is 18.3 Å². The Labute approximate surface area is 125 Å². The summed E-state index contributed by atoms with van der Waals surface area (Å²) in [4.78, 5) is 6.97. The predicted molar refractivity (Wildman–Crippen MR) is 81.2 cm³/mol. The van der Waals surface area contributed by atoms with E-state index in [1.165, 1.54) is 24.1 Å². The fraction of sp³-hybridized carbons (Fsp3) is 0.625. The molecule has 5 heteroatoms. The number of aromatic nitrogens is 1. The third-order valence-electron chi connectivity index (χ3n) is 4.38. The van der Waals surface area contributed by atoms with Gasteiger partial charge in [-0.2, -0.15) is 5.26 Å². The second kappa shape index (κ2) is 6.00. The predicted octanol–water partition coefficient (Wildman–Crippen LogP) is 1.38. The number of pyridine rings is 1. The van der Waals surface area contributed by atoms with Crippen LogP contribution < -0.4 is 10.6 Å². The Bertz CT molecular complexity index is 564. The summed E-state index contributed by atoms with van der Waals surface area (Å²) < 4.78 is 5.70. The molecule has 1 aromatic heterocycles. The zero-order valence-corrected chi connectivity index (χ0v) is 12.5. The zero-order chi connectivity index (χ0) is 14.8. The van der Waals surface area contributed by atoms with E-state index >= 15 is 0 Å². The molecule has 0 aromatic carbocycles. The lowest BCUT2D eigenvalue weighted by atomic mass is 9.94. The summed E-state index contributed by atoms with van der Waals surface area (Å²) in [5.74, 6) is 0.812. The highest BCUT2D eigenvalue weighted by atomic mass is 16.5. The van der Waals surface area contributed by atoms with Gasteiger partial charge < -0.3 is 15.4 Å². The van der Waals surface area contributed by atoms with Crippen molar-refractivity contribution < 1.29 is 4.74 Å². The van der Waals surface area contributed by atoms with E-state index in [-0.39, 0.29) is 12.1 Å². The first-order valence-electron chi connectivity index (χ1n) is 7.74. The highest BCUT2D eigenvalue weighted by Gasteiger charge is 2.27. The molecule has 0 radical (unpaired) electrons. The molecule has 1 aromatic rings. The average Bonchev–Trinajstić information content (AvgIpc) is 2.53. The minimum absolute atomic E-state index is 0.00289. The molecule has 0 bridgehead atoms. The van der Waals surface area contributed by atoms with Gasteiger partial charge in [-0.3, -0.25) is 0 Å². The van der Waals surface area contributed by atoms with E-state index in [4.69, 9.17) is 15.5 Å². The fourth-order valence-electron chi connectivity index (χ4n) is 3.13. The number of hydrogen-bond acceptors (Lipinski definition) is 5. The van der Waals surface area contributed by atoms with Crippen LogP contribution in [0.5, 0.6) is 0 Å². The zero-order valence-electron chi connectivity index (χ0n) is 12.5. The maximum atomic E-state index is 9.45. The van der Waals surface area contributed by atoms with Gasteiger partial charge in [0.1, 0.15) is 11.9 Å². The van der Waals surface area contributed by atoms with Crippen LogP contribution in [0.3, 0.4) is 0 Å². The van der Waals surface area contributed by atoms with Gasteiger partial charge in [0.2, 0.25) is 0 Å². The number of anilines is 1. The van der Waals surface area contributed by atoms with Crippen LogP contribution in [-0.2, 0) is 17.6 Å². The maximum absolute atomic E-state index is 9.45. The molecule has 1 aliphatic heterocycles. The van der Waals surface area contributed by atoms with Gasteiger partial charge in [0.25, 0.3) is 0 Å². The first-order chi connectivity index (χ1) is 10.2. The molecule has 0 amide bonds. The molecule has 2 N–H and O–H groups in total. The van der Waals surface area contributed by atoms with Crippen molar-refractivity contribution in [1.29, 1.82) is 5.26 Å². The Morgan fingerprint density at radius 2 is 2.29 bits per heavy atom. The lowest BCUT2D eigenvalue weighted by Gasteiger charge is -2.36. The van der Waals surface area contributed by atoms with Gasteiger partial charge in [-0.05, 0) is 44.2 Å². The standard InChI is InChI=1S/C16H22N4O/c1-11(18)15-10-20(6-7-21-15)16-13(9-17)8-12-4-2-3-5-14(12)19-16/h8,11,15H,2-7,10,18H2,1H3. The molecule has 2 atom stereocenters. The van der Waals surface area contributed by atoms with Crippen LogP contribution in [0.2, 0.25) is 0 Å². The lowest BCUT2D eigenvalue weighted by Crippen LogP contribution is -2.50. The van der Waals surface area contributed by atoms with E-state index < -0.39 is 0 Å². The summed E-state index contributed by atoms with van der Waals surface area (Å²) in [6.07, 6.45) is 4.46. The number of rotatable bonds is 2. The minimum Gasteiger partial charge on any atom is -0.373 e. The fourth-order valence-corrected chi connectivity index (χ4v) is 3.13. The van der Waals surface area contributed by atoms with Crippen molar-refractivity contribution in [2.75, 3.05) is 24.6 Å². The van der Waals surface area contributed by atoms with Gasteiger partial charge in [-0.15, -0.1) is 0 Å². The van der Waals surface area contributed by atoms with E-state index in [1.54, 1.807) is 0 Å². The monoisotopic (exact) mass is 286 g/mol. The molecule has 1 aliphatic carbocycles. The number of nitrogens with two attached hydrogens (primary N) is 1. The van der Waals surface area contributed by atoms with Crippen molar-refractivity contribution >= 4 is 5.82 Å². The highest BCUT2D eigenvalue weighted by Crippen LogP contribution is 2.27. The quantitative estimate of drug-likeness (QED) is 0.889. The van der Waals surface area contributed by atoms with Crippen molar-refractivity contribution in [3.63, 3.8) is 0 Å². The van der Waals surface area contributed by atoms with Crippen LogP contribution in [0.4, 0.5) is 5.82 Å². The number of nitrogens with zero attached hydrogens (tertiary/aromatic N) is 3. The smallest absolute Gasteiger partial charge is 0.147 e. The Balaban J connectivity index is 1.92. The van der Waals surface area contributed by atoms with Gasteiger partial charge in [0.15, 0.2) is 0 Å². The van der Waals surface area contributed by atoms with Gasteiger partial charge in [0, 0.05) is 24.8 Å². The molecule has 5 nitrogen and oxygen atoms in total. The molecule has 21 heavy (non-hydrogen) atoms. The normalized spacial score (nSPS) is 23.3. The molecular weight excluding hydrogens is 264 g/mol. The Kier molecular flexibility index (Phi) is 4.09. The molecule has 1 fully saturated rings. The van der Waals surface area contributed by atoms with Crippen LogP contribution in [-0.4, -0.2) is 36.8 Å². The summed E-state index contributed by atoms with van der Waals surface area (Å²) >= 11 is 0. The van der Waals surface area contributed by atoms with Crippen molar-refractivity contribution in [2.45, 2.75) is 44.8 Å². The first kappa shape index (κ1) is 14.3. The SMILES string of the molecule is CC(N)C1CN(c2nc3c(cc2C#N)CCCC3)CCO1. The van der Waals surface area contributed by atoms with Crippen LogP contribution in [0, 0.1) is 11.3 Å². The van der Waals surface area contributed by atoms with Crippen LogP contribution in [0.15, 0.2) is 6.07 Å². The van der Waals surface area contributed by atoms with Crippen LogP contribution in [0.25, 0.3) is 0 Å². The van der Waals surface area contributed by atoms with E-state index in [0.29, 0.717) is 18.7 Å². The second-order valence-electron chi connectivity index (χ2n) is 6.00. The lowest BCUT2D eigenvalue weighted by molar-refractivity contribution is 0.0273. The van der Waals surface area contributed by atoms with Crippen molar-refractivity contribution in [3.05, 3.63) is 22.9 Å². The summed E-state index contributed by atoms with van der Waals surface area (Å²) in [6, 6.07) is 4.33. The number of nitriles is 1. The number of fused-ring (bicyclic) bond motifs is 1. The van der Waals surface area contributed by atoms with Crippen molar-refractivity contribution in [1.82, 2.24) is 4.98 Å². The summed E-state index contributed by atoms with van der Waals surface area (Å²) in [6.45, 7) is 4.07. The number of aryl methyl sites for hydroxylation is 2. The van der Waals surface area contributed by atoms with Gasteiger partial charge in [-0.1, -0.05) is 0 Å². The Hall–Kier alpha value is -1.64. The van der Waals surface area contributed by atoms with E-state index in [9.17, 15) is 5.26 Å². The van der Waals surface area contributed by atoms with Crippen LogP contribution >= 0.6 is 0 Å². The van der Waals surface area contributed by atoms with Crippen LogP contribution in [0.1, 0.15) is 36.6 Å². The molecular formula is C16H22N4O. The minimum atomic E-state index is -0.0176. The topological polar surface area (TPSA) is 75.2 Å². The van der Waals surface area contributed by atoms with Crippen molar-refractivity contribution in [3.8, 4) is 6.07 Å². The van der Waals surface area contributed by atoms with E-state index in [1.807, 2.05) is 13.0 Å². The van der Waals surface area contributed by atoms with Gasteiger partial charge in [-0.25, -0.2) is 4.98 Å². The molecule has 0 spiro atoms. The first-order valence-corrected chi connectivity index (χ1v) is 7.74. The maximum Gasteiger partial charge on any atom is 0.147 e. The third-order valence-corrected chi connectivity index (χ3v) is 4.38. The second-order valence-corrected chi connectivity index (χ2v) is 6.00. The number of ether oxygens (including phenoxy) is 1. The molecule has 3 rings (SSSR count). The molecule has 2 unspecified atom stereocenters. The third kappa shape index (κ3) is 2.87. The molecule has 0 saturated carbocycles.